The molecule has 1 aromatic rings. The van der Waals surface area contributed by atoms with E-state index in [0.29, 0.717) is 17.1 Å². The van der Waals surface area contributed by atoms with Gasteiger partial charge in [0.05, 0.1) is 6.42 Å². The molecule has 90 valence electrons. The number of rotatable bonds is 4. The monoisotopic (exact) mass is 251 g/mol. The van der Waals surface area contributed by atoms with Crippen molar-refractivity contribution in [3.05, 3.63) is 34.9 Å². The van der Waals surface area contributed by atoms with Crippen LogP contribution in [-0.2, 0) is 0 Å². The summed E-state index contributed by atoms with van der Waals surface area (Å²) < 4.78 is 37.1. The van der Waals surface area contributed by atoms with Gasteiger partial charge in [0.1, 0.15) is 0 Å². The van der Waals surface area contributed by atoms with Crippen molar-refractivity contribution < 1.29 is 13.2 Å². The van der Waals surface area contributed by atoms with Gasteiger partial charge in [-0.1, -0.05) is 36.7 Å². The van der Waals surface area contributed by atoms with Crippen molar-refractivity contribution in [1.82, 2.24) is 5.32 Å². The molecule has 5 heteroatoms. The fraction of sp³-hybridized carbons (Fsp3) is 0.455. The summed E-state index contributed by atoms with van der Waals surface area (Å²) in [6, 6.07) is 5.81. The maximum absolute atomic E-state index is 12.4. The van der Waals surface area contributed by atoms with Crippen molar-refractivity contribution >= 4 is 11.6 Å². The van der Waals surface area contributed by atoms with E-state index >= 15 is 0 Å². The van der Waals surface area contributed by atoms with Crippen LogP contribution < -0.4 is 5.32 Å². The first-order valence-electron chi connectivity index (χ1n) is 4.98. The number of alkyl halides is 3. The molecular weight excluding hydrogens is 239 g/mol. The topological polar surface area (TPSA) is 12.0 Å². The molecule has 16 heavy (non-hydrogen) atoms. The molecule has 0 aliphatic carbocycles. The minimum Gasteiger partial charge on any atom is -0.310 e. The Balaban J connectivity index is 2.89. The van der Waals surface area contributed by atoms with Crippen LogP contribution in [-0.4, -0.2) is 12.7 Å². The Morgan fingerprint density at radius 2 is 1.94 bits per heavy atom. The molecule has 1 N–H and O–H groups in total. The molecule has 0 amide bonds. The largest absolute Gasteiger partial charge is 0.390 e. The van der Waals surface area contributed by atoms with Crippen LogP contribution in [0.15, 0.2) is 24.3 Å². The van der Waals surface area contributed by atoms with Gasteiger partial charge in [-0.15, -0.1) is 0 Å². The SMILES string of the molecule is CCNC(CC(F)(F)F)c1ccccc1Cl. The van der Waals surface area contributed by atoms with Crippen molar-refractivity contribution in [1.29, 1.82) is 0 Å². The van der Waals surface area contributed by atoms with E-state index in [1.807, 2.05) is 0 Å². The van der Waals surface area contributed by atoms with E-state index in [9.17, 15) is 13.2 Å². The quantitative estimate of drug-likeness (QED) is 0.855. The highest BCUT2D eigenvalue weighted by atomic mass is 35.5. The van der Waals surface area contributed by atoms with E-state index in [0.717, 1.165) is 0 Å². The summed E-state index contributed by atoms with van der Waals surface area (Å²) in [6.45, 7) is 2.23. The second kappa shape index (κ2) is 5.55. The van der Waals surface area contributed by atoms with Gasteiger partial charge in [0.2, 0.25) is 0 Å². The predicted octanol–water partition coefficient (Wildman–Crippen LogP) is 3.94. The van der Waals surface area contributed by atoms with Crippen LogP contribution in [0.3, 0.4) is 0 Å². The lowest BCUT2D eigenvalue weighted by molar-refractivity contribution is -0.140. The predicted molar refractivity (Wildman–Crippen MR) is 58.5 cm³/mol. The van der Waals surface area contributed by atoms with Gasteiger partial charge in [0.15, 0.2) is 0 Å². The second-order valence-electron chi connectivity index (χ2n) is 3.45. The van der Waals surface area contributed by atoms with E-state index in [4.69, 9.17) is 11.6 Å². The average molecular weight is 252 g/mol. The lowest BCUT2D eigenvalue weighted by Gasteiger charge is -2.20. The third kappa shape index (κ3) is 4.02. The minimum absolute atomic E-state index is 0.359. The van der Waals surface area contributed by atoms with Crippen molar-refractivity contribution in [3.63, 3.8) is 0 Å². The van der Waals surface area contributed by atoms with E-state index in [2.05, 4.69) is 5.32 Å². The van der Waals surface area contributed by atoms with E-state index in [1.54, 1.807) is 31.2 Å². The Morgan fingerprint density at radius 3 is 2.44 bits per heavy atom. The van der Waals surface area contributed by atoms with Crippen molar-refractivity contribution in [3.8, 4) is 0 Å². The molecule has 1 unspecified atom stereocenters. The number of hydrogen-bond donors (Lipinski definition) is 1. The zero-order chi connectivity index (χ0) is 12.2. The van der Waals surface area contributed by atoms with Crippen molar-refractivity contribution in [2.24, 2.45) is 0 Å². The lowest BCUT2D eigenvalue weighted by Crippen LogP contribution is -2.26. The zero-order valence-electron chi connectivity index (χ0n) is 8.81. The van der Waals surface area contributed by atoms with Crippen LogP contribution in [0.4, 0.5) is 13.2 Å². The third-order valence-corrected chi connectivity index (χ3v) is 2.51. The number of nitrogens with one attached hydrogen (secondary N) is 1. The first kappa shape index (κ1) is 13.3. The van der Waals surface area contributed by atoms with Gasteiger partial charge in [-0.2, -0.15) is 13.2 Å². The van der Waals surface area contributed by atoms with Gasteiger partial charge in [0, 0.05) is 11.1 Å². The summed E-state index contributed by atoms with van der Waals surface area (Å²) >= 11 is 5.88. The average Bonchev–Trinajstić information content (AvgIpc) is 2.16. The molecule has 0 bridgehead atoms. The second-order valence-corrected chi connectivity index (χ2v) is 3.86. The molecule has 1 rings (SSSR count). The normalized spacial score (nSPS) is 13.8. The van der Waals surface area contributed by atoms with Crippen LogP contribution in [0.5, 0.6) is 0 Å². The van der Waals surface area contributed by atoms with Gasteiger partial charge in [0.25, 0.3) is 0 Å². The van der Waals surface area contributed by atoms with Gasteiger partial charge in [-0.3, -0.25) is 0 Å². The number of benzene rings is 1. The highest BCUT2D eigenvalue weighted by Crippen LogP contribution is 2.32. The summed E-state index contributed by atoms with van der Waals surface area (Å²) in [5.74, 6) is 0. The van der Waals surface area contributed by atoms with E-state index < -0.39 is 18.6 Å². The first-order chi connectivity index (χ1) is 7.44. The highest BCUT2D eigenvalue weighted by Gasteiger charge is 2.32. The van der Waals surface area contributed by atoms with Gasteiger partial charge in [-0.25, -0.2) is 0 Å². The molecule has 1 nitrogen and oxygen atoms in total. The Bertz CT molecular complexity index is 338. The molecule has 0 saturated carbocycles. The molecule has 0 saturated heterocycles. The molecule has 0 fully saturated rings. The Morgan fingerprint density at radius 1 is 1.31 bits per heavy atom. The Hall–Kier alpha value is -0.740. The molecule has 0 heterocycles. The molecule has 0 aliphatic rings. The van der Waals surface area contributed by atoms with E-state index in [-0.39, 0.29) is 0 Å². The van der Waals surface area contributed by atoms with Crippen LogP contribution in [0.2, 0.25) is 5.02 Å². The van der Waals surface area contributed by atoms with Crippen molar-refractivity contribution in [2.45, 2.75) is 25.6 Å². The highest BCUT2D eigenvalue weighted by molar-refractivity contribution is 6.31. The zero-order valence-corrected chi connectivity index (χ0v) is 9.57. The summed E-state index contributed by atoms with van der Waals surface area (Å²) in [4.78, 5) is 0. The van der Waals surface area contributed by atoms with Gasteiger partial charge < -0.3 is 5.32 Å². The Labute approximate surface area is 97.6 Å². The number of hydrogen-bond acceptors (Lipinski definition) is 1. The summed E-state index contributed by atoms with van der Waals surface area (Å²) in [6.07, 6.45) is -5.11. The summed E-state index contributed by atoms with van der Waals surface area (Å²) in [5, 5.41) is 3.15. The smallest absolute Gasteiger partial charge is 0.310 e. The van der Waals surface area contributed by atoms with Crippen LogP contribution in [0.25, 0.3) is 0 Å². The Kier molecular flexibility index (Phi) is 4.62. The van der Waals surface area contributed by atoms with Gasteiger partial charge >= 0.3 is 6.18 Å². The van der Waals surface area contributed by atoms with Crippen LogP contribution in [0.1, 0.15) is 24.9 Å². The van der Waals surface area contributed by atoms with E-state index in [1.165, 1.54) is 0 Å². The van der Waals surface area contributed by atoms with Crippen LogP contribution >= 0.6 is 11.6 Å². The first-order valence-corrected chi connectivity index (χ1v) is 5.36. The lowest BCUT2D eigenvalue weighted by atomic mass is 10.0. The minimum atomic E-state index is -4.20. The molecule has 1 aromatic carbocycles. The summed E-state index contributed by atoms with van der Waals surface area (Å²) in [7, 11) is 0. The molecule has 0 aliphatic heterocycles. The fourth-order valence-corrected chi connectivity index (χ4v) is 1.80. The molecule has 0 spiro atoms. The molecular formula is C11H13ClF3N. The fourth-order valence-electron chi connectivity index (χ4n) is 1.53. The van der Waals surface area contributed by atoms with Gasteiger partial charge in [-0.05, 0) is 18.2 Å². The molecule has 0 aromatic heterocycles. The van der Waals surface area contributed by atoms with Crippen LogP contribution in [0, 0.1) is 0 Å². The summed E-state index contributed by atoms with van der Waals surface area (Å²) in [5.41, 5.74) is 0.489. The molecule has 1 atom stereocenters. The third-order valence-electron chi connectivity index (χ3n) is 2.17. The molecule has 0 radical (unpaired) electrons. The maximum Gasteiger partial charge on any atom is 0.390 e. The standard InChI is InChI=1S/C11H13ClF3N/c1-2-16-10(7-11(13,14)15)8-5-3-4-6-9(8)12/h3-6,10,16H,2,7H2,1H3. The maximum atomic E-state index is 12.4. The van der Waals surface area contributed by atoms with Crippen molar-refractivity contribution in [2.75, 3.05) is 6.54 Å². The number of halogens is 4.